The average Bonchev–Trinajstić information content (AvgIpc) is 3.25. The molecule has 2 aliphatic rings. The zero-order valence-electron chi connectivity index (χ0n) is 19.8. The largest absolute Gasteiger partial charge is 0.486 e. The van der Waals surface area contributed by atoms with Crippen LogP contribution in [0.3, 0.4) is 0 Å². The van der Waals surface area contributed by atoms with Gasteiger partial charge in [0.25, 0.3) is 0 Å². The summed E-state index contributed by atoms with van der Waals surface area (Å²) in [6.07, 6.45) is 0.322. The molecule has 2 fully saturated rings. The standard InChI is InChI=1S/C28H32O5/c1-27(2)17-31-25(27)19-5-9-21(10-6-19)29-15-23-13-14-24(33-23)16-30-22-11-7-20(8-12-22)26-28(3,4)18-32-26/h5-14,25-26H,15-18H2,1-4H3. The van der Waals surface area contributed by atoms with Crippen LogP contribution < -0.4 is 9.47 Å². The lowest BCUT2D eigenvalue weighted by Crippen LogP contribution is -2.40. The second-order valence-corrected chi connectivity index (χ2v) is 10.4. The monoisotopic (exact) mass is 448 g/mol. The fraction of sp³-hybridized carbons (Fsp3) is 0.429. The Balaban J connectivity index is 1.10. The van der Waals surface area contributed by atoms with Crippen molar-refractivity contribution in [3.8, 4) is 11.5 Å². The molecule has 0 amide bonds. The van der Waals surface area contributed by atoms with Crippen molar-refractivity contribution in [2.45, 2.75) is 53.1 Å². The maximum atomic E-state index is 5.89. The Labute approximate surface area is 195 Å². The molecule has 5 heteroatoms. The van der Waals surface area contributed by atoms with Crippen LogP contribution in [0.4, 0.5) is 0 Å². The highest BCUT2D eigenvalue weighted by Gasteiger charge is 2.41. The zero-order chi connectivity index (χ0) is 23.1. The van der Waals surface area contributed by atoms with Crippen LogP contribution >= 0.6 is 0 Å². The molecular weight excluding hydrogens is 416 g/mol. The SMILES string of the molecule is CC1(C)COC1c1ccc(OCc2ccc(COc3ccc(C4OCC4(C)C)cc3)o2)cc1. The number of rotatable bonds is 8. The fourth-order valence-corrected chi connectivity index (χ4v) is 4.46. The Morgan fingerprint density at radius 1 is 0.636 bits per heavy atom. The molecule has 174 valence electrons. The second kappa shape index (κ2) is 8.54. The van der Waals surface area contributed by atoms with E-state index in [1.54, 1.807) is 0 Å². The third-order valence-corrected chi connectivity index (χ3v) is 6.51. The highest BCUT2D eigenvalue weighted by molar-refractivity contribution is 5.31. The zero-order valence-corrected chi connectivity index (χ0v) is 19.8. The van der Waals surface area contributed by atoms with E-state index < -0.39 is 0 Å². The topological polar surface area (TPSA) is 50.1 Å². The molecule has 3 heterocycles. The van der Waals surface area contributed by atoms with Gasteiger partial charge in [0.05, 0.1) is 25.4 Å². The van der Waals surface area contributed by atoms with Crippen LogP contribution in [-0.4, -0.2) is 13.2 Å². The van der Waals surface area contributed by atoms with E-state index >= 15 is 0 Å². The Morgan fingerprint density at radius 3 is 1.33 bits per heavy atom. The van der Waals surface area contributed by atoms with Crippen molar-refractivity contribution in [3.05, 3.63) is 83.3 Å². The summed E-state index contributed by atoms with van der Waals surface area (Å²) in [5, 5.41) is 0. The summed E-state index contributed by atoms with van der Waals surface area (Å²) in [4.78, 5) is 0. The normalized spacial score (nSPS) is 22.8. The molecule has 2 aliphatic heterocycles. The molecule has 5 nitrogen and oxygen atoms in total. The lowest BCUT2D eigenvalue weighted by molar-refractivity contribution is -0.172. The van der Waals surface area contributed by atoms with Gasteiger partial charge in [-0.05, 0) is 47.5 Å². The molecule has 5 rings (SSSR count). The van der Waals surface area contributed by atoms with Gasteiger partial charge in [-0.2, -0.15) is 0 Å². The van der Waals surface area contributed by atoms with Gasteiger partial charge in [0, 0.05) is 10.8 Å². The summed E-state index contributed by atoms with van der Waals surface area (Å²) in [5.74, 6) is 3.15. The van der Waals surface area contributed by atoms with Gasteiger partial charge in [-0.25, -0.2) is 0 Å². The van der Waals surface area contributed by atoms with Crippen LogP contribution in [0.15, 0.2) is 65.1 Å². The highest BCUT2D eigenvalue weighted by Crippen LogP contribution is 2.46. The fourth-order valence-electron chi connectivity index (χ4n) is 4.46. The third kappa shape index (κ3) is 4.66. The Hall–Kier alpha value is -2.76. The van der Waals surface area contributed by atoms with Gasteiger partial charge in [0.2, 0.25) is 0 Å². The number of benzene rings is 2. The van der Waals surface area contributed by atoms with Crippen molar-refractivity contribution in [2.75, 3.05) is 13.2 Å². The second-order valence-electron chi connectivity index (χ2n) is 10.4. The van der Waals surface area contributed by atoms with Crippen molar-refractivity contribution in [1.29, 1.82) is 0 Å². The van der Waals surface area contributed by atoms with E-state index in [0.29, 0.717) is 13.2 Å². The molecule has 1 aromatic heterocycles. The van der Waals surface area contributed by atoms with Crippen LogP contribution in [0.5, 0.6) is 11.5 Å². The van der Waals surface area contributed by atoms with Gasteiger partial charge in [-0.3, -0.25) is 0 Å². The maximum absolute atomic E-state index is 5.89. The number of hydrogen-bond donors (Lipinski definition) is 0. The summed E-state index contributed by atoms with van der Waals surface area (Å²) in [7, 11) is 0. The van der Waals surface area contributed by atoms with E-state index in [0.717, 1.165) is 36.2 Å². The molecule has 2 unspecified atom stereocenters. The molecule has 2 aromatic carbocycles. The van der Waals surface area contributed by atoms with Crippen LogP contribution in [0.1, 0.15) is 62.6 Å². The first-order chi connectivity index (χ1) is 15.8. The Bertz CT molecular complexity index is 992. The molecule has 2 atom stereocenters. The van der Waals surface area contributed by atoms with Gasteiger partial charge in [0.1, 0.15) is 36.2 Å². The molecule has 3 aromatic rings. The molecule has 0 aliphatic carbocycles. The highest BCUT2D eigenvalue weighted by atomic mass is 16.5. The van der Waals surface area contributed by atoms with Gasteiger partial charge >= 0.3 is 0 Å². The molecule has 2 saturated heterocycles. The number of hydrogen-bond acceptors (Lipinski definition) is 5. The van der Waals surface area contributed by atoms with Crippen molar-refractivity contribution in [2.24, 2.45) is 10.8 Å². The smallest absolute Gasteiger partial charge is 0.146 e. The van der Waals surface area contributed by atoms with Gasteiger partial charge in [-0.1, -0.05) is 52.0 Å². The van der Waals surface area contributed by atoms with Gasteiger partial charge in [-0.15, -0.1) is 0 Å². The van der Waals surface area contributed by atoms with Crippen molar-refractivity contribution in [3.63, 3.8) is 0 Å². The lowest BCUT2D eigenvalue weighted by Gasteiger charge is -2.44. The molecular formula is C28H32O5. The maximum Gasteiger partial charge on any atom is 0.146 e. The van der Waals surface area contributed by atoms with Crippen LogP contribution in [0.2, 0.25) is 0 Å². The van der Waals surface area contributed by atoms with Crippen LogP contribution in [-0.2, 0) is 22.7 Å². The van der Waals surface area contributed by atoms with Crippen LogP contribution in [0, 0.1) is 10.8 Å². The summed E-state index contributed by atoms with van der Waals surface area (Å²) in [6, 6.07) is 20.1. The first-order valence-electron chi connectivity index (χ1n) is 11.6. The lowest BCUT2D eigenvalue weighted by atomic mass is 9.79. The predicted octanol–water partition coefficient (Wildman–Crippen LogP) is 6.63. The van der Waals surface area contributed by atoms with E-state index in [4.69, 9.17) is 23.4 Å². The molecule has 0 bridgehead atoms. The third-order valence-electron chi connectivity index (χ3n) is 6.51. The average molecular weight is 449 g/mol. The summed E-state index contributed by atoms with van der Waals surface area (Å²) in [6.45, 7) is 11.3. The number of furan rings is 1. The molecule has 0 radical (unpaired) electrons. The molecule has 0 spiro atoms. The van der Waals surface area contributed by atoms with E-state index in [1.165, 1.54) is 11.1 Å². The van der Waals surface area contributed by atoms with Gasteiger partial charge < -0.3 is 23.4 Å². The molecule has 0 N–H and O–H groups in total. The summed E-state index contributed by atoms with van der Waals surface area (Å²) < 4.78 is 29.1. The summed E-state index contributed by atoms with van der Waals surface area (Å²) >= 11 is 0. The first kappa shape index (κ1) is 22.1. The van der Waals surface area contributed by atoms with Crippen molar-refractivity contribution >= 4 is 0 Å². The first-order valence-corrected chi connectivity index (χ1v) is 11.6. The van der Waals surface area contributed by atoms with Crippen LogP contribution in [0.25, 0.3) is 0 Å². The minimum absolute atomic E-state index is 0.161. The van der Waals surface area contributed by atoms with Gasteiger partial charge in [0.15, 0.2) is 0 Å². The predicted molar refractivity (Wildman–Crippen MR) is 125 cm³/mol. The molecule has 0 saturated carbocycles. The summed E-state index contributed by atoms with van der Waals surface area (Å²) in [5.41, 5.74) is 2.76. The van der Waals surface area contributed by atoms with Crippen molar-refractivity contribution < 1.29 is 23.4 Å². The van der Waals surface area contributed by atoms with E-state index in [9.17, 15) is 0 Å². The Kier molecular flexibility index (Phi) is 5.71. The number of ether oxygens (including phenoxy) is 4. The Morgan fingerprint density at radius 2 is 1.03 bits per heavy atom. The van der Waals surface area contributed by atoms with E-state index in [2.05, 4.69) is 52.0 Å². The minimum Gasteiger partial charge on any atom is -0.486 e. The van der Waals surface area contributed by atoms with Crippen molar-refractivity contribution in [1.82, 2.24) is 0 Å². The molecule has 33 heavy (non-hydrogen) atoms. The minimum atomic E-state index is 0.161. The van der Waals surface area contributed by atoms with E-state index in [-0.39, 0.29) is 23.0 Å². The van der Waals surface area contributed by atoms with E-state index in [1.807, 2.05) is 36.4 Å². The quantitative estimate of drug-likeness (QED) is 0.387.